The number of esters is 1. The van der Waals surface area contributed by atoms with Crippen LogP contribution in [0.2, 0.25) is 5.02 Å². The van der Waals surface area contributed by atoms with Gasteiger partial charge in [-0.1, -0.05) is 50.6 Å². The lowest BCUT2D eigenvalue weighted by molar-refractivity contribution is -0.195. The van der Waals surface area contributed by atoms with Crippen molar-refractivity contribution >= 4 is 29.4 Å². The first-order valence-electron chi connectivity index (χ1n) is 17.7. The van der Waals surface area contributed by atoms with Crippen LogP contribution in [0.1, 0.15) is 89.1 Å². The molecule has 11 nitrogen and oxygen atoms in total. The third-order valence-electron chi connectivity index (χ3n) is 10.3. The number of nitrogens with zero attached hydrogens (tertiary/aromatic N) is 7. The van der Waals surface area contributed by atoms with Crippen molar-refractivity contribution in [1.82, 2.24) is 29.4 Å². The minimum Gasteiger partial charge on any atom is -0.463 e. The summed E-state index contributed by atoms with van der Waals surface area (Å²) in [6, 6.07) is 5.13. The summed E-state index contributed by atoms with van der Waals surface area (Å²) in [5.41, 5.74) is 0.968. The van der Waals surface area contributed by atoms with E-state index in [0.717, 1.165) is 24.1 Å². The normalized spacial score (nSPS) is 20.1. The Kier molecular flexibility index (Phi) is 9.73. The van der Waals surface area contributed by atoms with E-state index in [9.17, 15) is 31.5 Å². The molecule has 0 radical (unpaired) electrons. The highest BCUT2D eigenvalue weighted by atomic mass is 35.5. The van der Waals surface area contributed by atoms with Crippen molar-refractivity contribution in [3.8, 4) is 22.5 Å². The number of hydrogen-bond acceptors (Lipinski definition) is 8. The molecule has 3 aliphatic rings. The molecule has 2 fully saturated rings. The van der Waals surface area contributed by atoms with E-state index in [1.54, 1.807) is 31.6 Å². The van der Waals surface area contributed by atoms with Gasteiger partial charge in [-0.15, -0.1) is 0 Å². The van der Waals surface area contributed by atoms with Gasteiger partial charge in [0, 0.05) is 28.5 Å². The molecule has 7 rings (SSSR count). The lowest BCUT2D eigenvalue weighted by Gasteiger charge is -2.35. The molecule has 2 atom stereocenters. The molecular weight excluding hydrogens is 773 g/mol. The van der Waals surface area contributed by atoms with Crippen molar-refractivity contribution in [3.05, 3.63) is 76.8 Å². The molecule has 0 unspecified atom stereocenters. The zero-order valence-corrected chi connectivity index (χ0v) is 31.0. The average molecular weight is 809 g/mol. The first-order valence-corrected chi connectivity index (χ1v) is 18.0. The minimum absolute atomic E-state index is 0.0470. The van der Waals surface area contributed by atoms with Crippen LogP contribution in [-0.2, 0) is 19.9 Å². The molecule has 1 amide bonds. The number of nitrogens with two attached hydrogens (primary N) is 1. The van der Waals surface area contributed by atoms with Gasteiger partial charge in [0.05, 0.1) is 35.1 Å². The van der Waals surface area contributed by atoms with Gasteiger partial charge in [-0.05, 0) is 55.2 Å². The number of aromatic nitrogens is 5. The summed E-state index contributed by atoms with van der Waals surface area (Å²) in [6.07, 6.45) is -0.716. The van der Waals surface area contributed by atoms with Crippen LogP contribution in [0.3, 0.4) is 0 Å². The molecular formula is C37H36ClF7N8O3. The maximum atomic E-state index is 16.5. The predicted molar refractivity (Wildman–Crippen MR) is 188 cm³/mol. The number of amides is 1. The Morgan fingerprint density at radius 3 is 2.39 bits per heavy atom. The molecule has 4 aromatic rings. The van der Waals surface area contributed by atoms with Crippen LogP contribution in [0, 0.1) is 22.5 Å². The van der Waals surface area contributed by atoms with Crippen molar-refractivity contribution in [3.63, 3.8) is 0 Å². The molecule has 2 aromatic carbocycles. The summed E-state index contributed by atoms with van der Waals surface area (Å²) in [5, 5.41) is 7.71. The standard InChI is InChI=1S/C37H36ClF7N8O3/c1-34(2,3)17-36(24-8-7-22(28(39)29(24)40)20-14-48-51(15-20)21-5-6-21)31(55)52(33(46)50-36)26(16-56-27(54)13-35(10-11-35)37(43,44)45)19-4-9-25(38)23(12-19)30-47-18-49-53(30)32(41)42/h4,7-9,12,14-15,18,21,26,32H,5-6,10-11,13,16-17H2,1-3H3,(H2,46,50)/t26-,36-/m1/s1. The quantitative estimate of drug-likeness (QED) is 0.113. The van der Waals surface area contributed by atoms with E-state index in [0.29, 0.717) is 5.56 Å². The van der Waals surface area contributed by atoms with E-state index in [4.69, 9.17) is 22.1 Å². The van der Waals surface area contributed by atoms with E-state index in [1.807, 2.05) is 0 Å². The van der Waals surface area contributed by atoms with Crippen LogP contribution in [0.15, 0.2) is 54.0 Å². The fourth-order valence-corrected chi connectivity index (χ4v) is 7.40. The fourth-order valence-electron chi connectivity index (χ4n) is 7.20. The second kappa shape index (κ2) is 13.9. The van der Waals surface area contributed by atoms with E-state index in [1.165, 1.54) is 36.5 Å². The SMILES string of the molecule is CC(C)(C)C[C@]1(c2ccc(-c3cnn(C4CC4)c3)c(F)c2F)N=C(N)N([C@H](COC(=O)CC2(C(F)(F)F)CC2)c2ccc(Cl)c(-c3ncnn3C(F)F)c2)C1=O. The molecule has 2 saturated carbocycles. The Bertz CT molecular complexity index is 2220. The summed E-state index contributed by atoms with van der Waals surface area (Å²) < 4.78 is 109. The molecule has 1 aliphatic heterocycles. The molecule has 2 N–H and O–H groups in total. The first kappa shape index (κ1) is 39.2. The van der Waals surface area contributed by atoms with E-state index in [-0.39, 0.29) is 57.5 Å². The number of carbonyl (C=O) groups excluding carboxylic acids is 2. The smallest absolute Gasteiger partial charge is 0.395 e. The second-order valence-corrected chi connectivity index (χ2v) is 16.1. The first-order chi connectivity index (χ1) is 26.2. The predicted octanol–water partition coefficient (Wildman–Crippen LogP) is 8.28. The van der Waals surface area contributed by atoms with Gasteiger partial charge in [0.1, 0.15) is 12.9 Å². The van der Waals surface area contributed by atoms with Crippen molar-refractivity contribution in [2.75, 3.05) is 6.61 Å². The molecule has 19 heteroatoms. The number of rotatable bonds is 12. The topological polar surface area (TPSA) is 134 Å². The van der Waals surface area contributed by atoms with Crippen LogP contribution >= 0.6 is 11.6 Å². The molecule has 3 heterocycles. The van der Waals surface area contributed by atoms with Gasteiger partial charge >= 0.3 is 18.7 Å². The Labute approximate surface area is 320 Å². The monoisotopic (exact) mass is 808 g/mol. The lowest BCUT2D eigenvalue weighted by Crippen LogP contribution is -2.47. The molecule has 2 aliphatic carbocycles. The van der Waals surface area contributed by atoms with Gasteiger partial charge < -0.3 is 10.5 Å². The number of hydrogen-bond donors (Lipinski definition) is 1. The molecule has 298 valence electrons. The highest BCUT2D eigenvalue weighted by molar-refractivity contribution is 6.33. The van der Waals surface area contributed by atoms with Gasteiger partial charge in [0.2, 0.25) is 0 Å². The van der Waals surface area contributed by atoms with Crippen LogP contribution < -0.4 is 5.73 Å². The molecule has 56 heavy (non-hydrogen) atoms. The van der Waals surface area contributed by atoms with E-state index >= 15 is 8.78 Å². The third kappa shape index (κ3) is 7.11. The highest BCUT2D eigenvalue weighted by Crippen LogP contribution is 2.60. The number of guanidine groups is 1. The Balaban J connectivity index is 1.30. The summed E-state index contributed by atoms with van der Waals surface area (Å²) in [4.78, 5) is 37.2. The van der Waals surface area contributed by atoms with Crippen molar-refractivity contribution in [1.29, 1.82) is 0 Å². The molecule has 0 spiro atoms. The number of alkyl halides is 5. The van der Waals surface area contributed by atoms with Gasteiger partial charge in [-0.2, -0.15) is 36.8 Å². The second-order valence-electron chi connectivity index (χ2n) is 15.7. The third-order valence-corrected chi connectivity index (χ3v) is 10.6. The summed E-state index contributed by atoms with van der Waals surface area (Å²) in [6.45, 7) is 1.28. The van der Waals surface area contributed by atoms with Crippen molar-refractivity contribution < 1.29 is 45.1 Å². The van der Waals surface area contributed by atoms with Crippen LogP contribution in [0.25, 0.3) is 22.5 Å². The van der Waals surface area contributed by atoms with Crippen LogP contribution in [-0.4, -0.2) is 60.1 Å². The van der Waals surface area contributed by atoms with Gasteiger partial charge in [-0.3, -0.25) is 19.2 Å². The highest BCUT2D eigenvalue weighted by Gasteiger charge is 2.64. The van der Waals surface area contributed by atoms with Gasteiger partial charge in [0.25, 0.3) is 5.91 Å². The summed E-state index contributed by atoms with van der Waals surface area (Å²) >= 11 is 6.41. The van der Waals surface area contributed by atoms with Crippen molar-refractivity contribution in [2.45, 2.75) is 89.6 Å². The Morgan fingerprint density at radius 2 is 1.77 bits per heavy atom. The number of ether oxygens (including phenoxy) is 1. The van der Waals surface area contributed by atoms with Crippen LogP contribution in [0.5, 0.6) is 0 Å². The van der Waals surface area contributed by atoms with E-state index in [2.05, 4.69) is 20.2 Å². The number of benzene rings is 2. The molecule has 2 aromatic heterocycles. The van der Waals surface area contributed by atoms with Gasteiger partial charge in [-0.25, -0.2) is 18.8 Å². The van der Waals surface area contributed by atoms with Crippen molar-refractivity contribution in [2.24, 2.45) is 21.6 Å². The zero-order chi connectivity index (χ0) is 40.5. The zero-order valence-electron chi connectivity index (χ0n) is 30.3. The molecule has 0 bridgehead atoms. The number of aliphatic imine (C=N–C) groups is 1. The lowest BCUT2D eigenvalue weighted by atomic mass is 9.75. The number of carbonyl (C=O) groups is 2. The van der Waals surface area contributed by atoms with Crippen LogP contribution in [0.4, 0.5) is 30.7 Å². The Hall–Kier alpha value is -5.00. The fraction of sp³-hybridized carbons (Fsp3) is 0.459. The Morgan fingerprint density at radius 1 is 1.05 bits per heavy atom. The largest absolute Gasteiger partial charge is 0.463 e. The van der Waals surface area contributed by atoms with Gasteiger partial charge in [0.15, 0.2) is 29.0 Å². The molecule has 0 saturated heterocycles. The maximum absolute atomic E-state index is 16.5. The summed E-state index contributed by atoms with van der Waals surface area (Å²) in [7, 11) is 0. The van der Waals surface area contributed by atoms with E-state index < -0.39 is 83.2 Å². The maximum Gasteiger partial charge on any atom is 0.395 e. The number of halogens is 8. The summed E-state index contributed by atoms with van der Waals surface area (Å²) in [5.74, 6) is -5.73. The minimum atomic E-state index is -4.67. The average Bonchev–Trinajstić information content (AvgIpc) is 3.98.